The highest BCUT2D eigenvalue weighted by Crippen LogP contribution is 2.48. The van der Waals surface area contributed by atoms with Crippen LogP contribution in [0.3, 0.4) is 0 Å². The lowest BCUT2D eigenvalue weighted by atomic mass is 9.76. The highest BCUT2D eigenvalue weighted by atomic mass is 35.5. The normalized spacial score (nSPS) is 60.9. The standard InChI is InChI=1S/C32H51Cl5N8/c33-15-7-1-4-12-20(15)28-38-25(12)39-29-21-13(5-2-8-16(21)34)27(41-29)43-31-23-18(36)10-11-19(37)24(23)32(45-31)44-30-22-14(26(40-28)42-30)6-3-9-17(22)35/h12-32,38-45H,1-11H2. The molecule has 0 amide bonds. The first kappa shape index (κ1) is 32.1. The van der Waals surface area contributed by atoms with Crippen LogP contribution in [0.1, 0.15) is 70.6 Å². The lowest BCUT2D eigenvalue weighted by Gasteiger charge is -2.40. The van der Waals surface area contributed by atoms with E-state index in [1.165, 1.54) is 38.5 Å². The number of halogens is 5. The minimum atomic E-state index is 0.0364. The van der Waals surface area contributed by atoms with Crippen LogP contribution < -0.4 is 42.5 Å². The first-order valence-corrected chi connectivity index (χ1v) is 20.3. The zero-order valence-electron chi connectivity index (χ0n) is 25.8. The molecule has 254 valence electrons. The van der Waals surface area contributed by atoms with Gasteiger partial charge < -0.3 is 0 Å². The Hall–Kier alpha value is 1.13. The minimum absolute atomic E-state index is 0.0364. The van der Waals surface area contributed by atoms with Crippen molar-refractivity contribution in [3.63, 3.8) is 0 Å². The van der Waals surface area contributed by atoms with Gasteiger partial charge in [-0.05, 0) is 69.1 Å². The van der Waals surface area contributed by atoms with Crippen LogP contribution in [0.25, 0.3) is 0 Å². The number of rotatable bonds is 0. The first-order chi connectivity index (χ1) is 21.9. The molecule has 0 aromatic rings. The Morgan fingerprint density at radius 1 is 0.267 bits per heavy atom. The zero-order valence-corrected chi connectivity index (χ0v) is 29.6. The van der Waals surface area contributed by atoms with Crippen LogP contribution in [-0.4, -0.2) is 76.2 Å². The Kier molecular flexibility index (Phi) is 9.06. The van der Waals surface area contributed by atoms with E-state index in [0.717, 1.165) is 32.1 Å². The summed E-state index contributed by atoms with van der Waals surface area (Å²) in [5.74, 6) is 2.84. The van der Waals surface area contributed by atoms with E-state index in [4.69, 9.17) is 58.0 Å². The molecule has 13 heteroatoms. The summed E-state index contributed by atoms with van der Waals surface area (Å²) in [4.78, 5) is 0. The Bertz CT molecular complexity index is 1090. The lowest BCUT2D eigenvalue weighted by molar-refractivity contribution is 0.173. The second-order valence-electron chi connectivity index (χ2n) is 16.0. The van der Waals surface area contributed by atoms with E-state index in [9.17, 15) is 0 Å². The second kappa shape index (κ2) is 12.7. The van der Waals surface area contributed by atoms with Crippen molar-refractivity contribution in [1.82, 2.24) is 42.5 Å². The van der Waals surface area contributed by atoms with Crippen molar-refractivity contribution in [2.24, 2.45) is 47.3 Å². The van der Waals surface area contributed by atoms with Gasteiger partial charge >= 0.3 is 0 Å². The Labute approximate surface area is 293 Å². The molecule has 21 unspecified atom stereocenters. The molecule has 8 N–H and O–H groups in total. The van der Waals surface area contributed by atoms with Crippen LogP contribution in [0.5, 0.6) is 0 Å². The number of hydrogen-bond donors (Lipinski definition) is 8. The molecule has 5 saturated heterocycles. The van der Waals surface area contributed by atoms with Gasteiger partial charge in [0.15, 0.2) is 0 Å². The van der Waals surface area contributed by atoms with E-state index in [2.05, 4.69) is 42.5 Å². The minimum Gasteiger partial charge on any atom is -0.286 e. The average molecular weight is 725 g/mol. The van der Waals surface area contributed by atoms with Crippen molar-refractivity contribution in [1.29, 1.82) is 0 Å². The molecule has 4 aliphatic carbocycles. The maximum absolute atomic E-state index is 7.21. The number of hydrogen-bond acceptors (Lipinski definition) is 8. The summed E-state index contributed by atoms with van der Waals surface area (Å²) in [5, 5.41) is 33.2. The van der Waals surface area contributed by atoms with Crippen LogP contribution >= 0.6 is 58.0 Å². The van der Waals surface area contributed by atoms with Crippen molar-refractivity contribution in [2.45, 2.75) is 147 Å². The van der Waals surface area contributed by atoms with Gasteiger partial charge in [-0.15, -0.1) is 58.0 Å². The fourth-order valence-corrected chi connectivity index (χ4v) is 14.3. The number of alkyl halides is 5. The van der Waals surface area contributed by atoms with Gasteiger partial charge in [0.05, 0.1) is 49.3 Å². The summed E-state index contributed by atoms with van der Waals surface area (Å²) >= 11 is 36.0. The highest BCUT2D eigenvalue weighted by Gasteiger charge is 2.58. The summed E-state index contributed by atoms with van der Waals surface area (Å²) < 4.78 is 0. The average Bonchev–Trinajstić information content (AvgIpc) is 3.75. The van der Waals surface area contributed by atoms with Gasteiger partial charge in [-0.2, -0.15) is 0 Å². The molecule has 5 aliphatic heterocycles. The van der Waals surface area contributed by atoms with Gasteiger partial charge in [0, 0.05) is 56.5 Å². The molecule has 4 saturated carbocycles. The predicted octanol–water partition coefficient (Wildman–Crippen LogP) is 3.69. The number of nitrogens with one attached hydrogen (secondary N) is 8. The van der Waals surface area contributed by atoms with E-state index in [0.29, 0.717) is 35.5 Å². The molecule has 9 aliphatic rings. The van der Waals surface area contributed by atoms with E-state index >= 15 is 0 Å². The van der Waals surface area contributed by atoms with Crippen molar-refractivity contribution in [3.8, 4) is 0 Å². The van der Waals surface area contributed by atoms with Crippen LogP contribution in [0.2, 0.25) is 0 Å². The molecule has 21 atom stereocenters. The molecule has 0 aromatic heterocycles. The fraction of sp³-hybridized carbons (Fsp3) is 1.00. The molecule has 0 radical (unpaired) electrons. The molecule has 0 spiro atoms. The van der Waals surface area contributed by atoms with E-state index in [1.54, 1.807) is 0 Å². The highest BCUT2D eigenvalue weighted by molar-refractivity contribution is 6.23. The third-order valence-corrected chi connectivity index (χ3v) is 16.4. The van der Waals surface area contributed by atoms with Crippen molar-refractivity contribution in [2.75, 3.05) is 0 Å². The van der Waals surface area contributed by atoms with Gasteiger partial charge in [-0.25, -0.2) is 0 Å². The summed E-state index contributed by atoms with van der Waals surface area (Å²) in [7, 11) is 0. The quantitative estimate of drug-likeness (QED) is 0.180. The number of fused-ring (bicyclic) bond motifs is 20. The maximum atomic E-state index is 7.21. The Morgan fingerprint density at radius 3 is 0.822 bits per heavy atom. The smallest absolute Gasteiger partial charge is 0.0643 e. The van der Waals surface area contributed by atoms with Crippen LogP contribution in [0, 0.1) is 47.3 Å². The summed E-state index contributed by atoms with van der Waals surface area (Å²) in [6.07, 6.45) is 13.0. The zero-order chi connectivity index (χ0) is 30.6. The topological polar surface area (TPSA) is 96.2 Å². The summed E-state index contributed by atoms with van der Waals surface area (Å²) in [6.45, 7) is 0. The predicted molar refractivity (Wildman–Crippen MR) is 182 cm³/mol. The molecular formula is C32H51Cl5N8. The third-order valence-electron chi connectivity index (χ3n) is 13.9. The van der Waals surface area contributed by atoms with E-state index in [1.807, 2.05) is 0 Å². The van der Waals surface area contributed by atoms with Crippen LogP contribution in [0.15, 0.2) is 0 Å². The molecule has 5 heterocycles. The molecule has 9 rings (SSSR count). The molecule has 8 nitrogen and oxygen atoms in total. The monoisotopic (exact) mass is 722 g/mol. The van der Waals surface area contributed by atoms with Crippen LogP contribution in [-0.2, 0) is 0 Å². The molecule has 9 fully saturated rings. The van der Waals surface area contributed by atoms with Gasteiger partial charge in [0.25, 0.3) is 0 Å². The molecular weight excluding hydrogens is 674 g/mol. The Morgan fingerprint density at radius 2 is 0.511 bits per heavy atom. The Balaban J connectivity index is 1.09. The SMILES string of the molecule is ClC1CCCC2C3NC(NC4NC(NC5NC(NC6NC(N3)C3C(Cl)CCCC63)C3C(Cl)CCC(Cl)C53)C3C(Cl)CCCC43)C12. The van der Waals surface area contributed by atoms with Crippen LogP contribution in [0.4, 0.5) is 0 Å². The second-order valence-corrected chi connectivity index (χ2v) is 18.8. The van der Waals surface area contributed by atoms with E-state index in [-0.39, 0.29) is 88.0 Å². The third kappa shape index (κ3) is 5.45. The van der Waals surface area contributed by atoms with E-state index < -0.39 is 0 Å². The molecule has 0 aromatic carbocycles. The van der Waals surface area contributed by atoms with Crippen molar-refractivity contribution in [3.05, 3.63) is 0 Å². The summed E-state index contributed by atoms with van der Waals surface area (Å²) in [5.41, 5.74) is 0. The van der Waals surface area contributed by atoms with Gasteiger partial charge in [0.2, 0.25) is 0 Å². The fourth-order valence-electron chi connectivity index (χ4n) is 12.0. The molecule has 45 heavy (non-hydrogen) atoms. The maximum Gasteiger partial charge on any atom is 0.0643 e. The summed E-state index contributed by atoms with van der Waals surface area (Å²) in [6, 6.07) is 0. The van der Waals surface area contributed by atoms with Gasteiger partial charge in [-0.1, -0.05) is 19.3 Å². The van der Waals surface area contributed by atoms with Gasteiger partial charge in [0.1, 0.15) is 0 Å². The van der Waals surface area contributed by atoms with Crippen molar-refractivity contribution < 1.29 is 0 Å². The van der Waals surface area contributed by atoms with Crippen molar-refractivity contribution >= 4 is 58.0 Å². The largest absolute Gasteiger partial charge is 0.286 e. The lowest BCUT2D eigenvalue weighted by Crippen LogP contribution is -2.62. The molecule has 8 bridgehead atoms. The first-order valence-electron chi connectivity index (χ1n) is 18.1. The van der Waals surface area contributed by atoms with Gasteiger partial charge in [-0.3, -0.25) is 42.5 Å².